The van der Waals surface area contributed by atoms with Crippen molar-refractivity contribution >= 4 is 28.8 Å². The number of nitrogens with zero attached hydrogens (tertiary/aromatic N) is 1. The molecule has 0 unspecified atom stereocenters. The molecule has 0 fully saturated rings. The van der Waals surface area contributed by atoms with Gasteiger partial charge in [0, 0.05) is 11.9 Å². The Bertz CT molecular complexity index is 626. The Hall–Kier alpha value is -2.34. The second-order valence-electron chi connectivity index (χ2n) is 4.34. The van der Waals surface area contributed by atoms with Crippen molar-refractivity contribution in [1.82, 2.24) is 5.32 Å². The lowest BCUT2D eigenvalue weighted by Gasteiger charge is -2.12. The van der Waals surface area contributed by atoms with E-state index in [-0.39, 0.29) is 11.5 Å². The Balaban J connectivity index is 3.28. The third kappa shape index (κ3) is 4.89. The van der Waals surface area contributed by atoms with Gasteiger partial charge in [-0.1, -0.05) is 25.1 Å². The Labute approximate surface area is 134 Å². The molecule has 6 heteroatoms. The lowest BCUT2D eigenvalue weighted by molar-refractivity contribution is -0.132. The summed E-state index contributed by atoms with van der Waals surface area (Å²) in [5.41, 5.74) is 7.10. The van der Waals surface area contributed by atoms with Gasteiger partial charge in [-0.25, -0.2) is 4.79 Å². The summed E-state index contributed by atoms with van der Waals surface area (Å²) < 4.78 is 0. The van der Waals surface area contributed by atoms with Gasteiger partial charge < -0.3 is 16.2 Å². The number of allylic oxidation sites excluding steroid dienone is 4. The average molecular weight is 319 g/mol. The van der Waals surface area contributed by atoms with E-state index in [0.717, 1.165) is 10.5 Å². The maximum Gasteiger partial charge on any atom is 0.337 e. The molecule has 0 saturated carbocycles. The minimum absolute atomic E-state index is 0.148. The molecule has 118 valence electrons. The van der Waals surface area contributed by atoms with Crippen molar-refractivity contribution in [1.29, 1.82) is 0 Å². The first-order valence-corrected chi connectivity index (χ1v) is 7.76. The molecule has 0 radical (unpaired) electrons. The van der Waals surface area contributed by atoms with Crippen molar-refractivity contribution in [2.24, 2.45) is 10.7 Å². The van der Waals surface area contributed by atoms with Crippen LogP contribution in [0, 0.1) is 0 Å². The molecule has 0 aromatic carbocycles. The number of rotatable bonds is 6. The standard InChI is InChI=1S/C16H21N3O2S/c1-4-7-13(19-16(17)18-3)12(15(20)21)10-11(5-2)14-8-6-9-22-14/h5-10H,4H2,1-3H3,(H,20,21)(H3,17,18,19)/b11-5+,12-10+,13-7-. The summed E-state index contributed by atoms with van der Waals surface area (Å²) in [6.45, 7) is 3.81. The second kappa shape index (κ2) is 8.84. The van der Waals surface area contributed by atoms with E-state index in [1.54, 1.807) is 30.5 Å². The zero-order valence-corrected chi connectivity index (χ0v) is 13.8. The number of hydrogen-bond acceptors (Lipinski definition) is 3. The molecule has 1 rings (SSSR count). The first-order valence-electron chi connectivity index (χ1n) is 6.88. The highest BCUT2D eigenvalue weighted by atomic mass is 32.1. The fourth-order valence-electron chi connectivity index (χ4n) is 1.78. The predicted molar refractivity (Wildman–Crippen MR) is 92.7 cm³/mol. The van der Waals surface area contributed by atoms with Crippen LogP contribution in [0.3, 0.4) is 0 Å². The summed E-state index contributed by atoms with van der Waals surface area (Å²) in [6.07, 6.45) is 5.98. The number of aliphatic imine (C=N–C) groups is 1. The molecular formula is C16H21N3O2S. The molecule has 0 saturated heterocycles. The molecule has 0 aliphatic heterocycles. The van der Waals surface area contributed by atoms with E-state index in [1.165, 1.54) is 0 Å². The third-order valence-corrected chi connectivity index (χ3v) is 3.77. The lowest BCUT2D eigenvalue weighted by atomic mass is 10.1. The summed E-state index contributed by atoms with van der Waals surface area (Å²) in [6, 6.07) is 3.88. The van der Waals surface area contributed by atoms with E-state index in [9.17, 15) is 9.90 Å². The van der Waals surface area contributed by atoms with Crippen LogP contribution >= 0.6 is 11.3 Å². The van der Waals surface area contributed by atoms with Gasteiger partial charge in [0.05, 0.1) is 11.3 Å². The molecule has 5 nitrogen and oxygen atoms in total. The summed E-state index contributed by atoms with van der Waals surface area (Å²) in [5, 5.41) is 14.3. The molecule has 0 aliphatic rings. The smallest absolute Gasteiger partial charge is 0.337 e. The number of aliphatic carboxylic acids is 1. The van der Waals surface area contributed by atoms with Crippen molar-refractivity contribution in [3.05, 3.63) is 51.9 Å². The Morgan fingerprint density at radius 1 is 1.55 bits per heavy atom. The number of carbonyl (C=O) groups is 1. The van der Waals surface area contributed by atoms with Gasteiger partial charge in [0.25, 0.3) is 0 Å². The summed E-state index contributed by atoms with van der Waals surface area (Å²) in [7, 11) is 1.54. The van der Waals surface area contributed by atoms with Gasteiger partial charge in [-0.3, -0.25) is 4.99 Å². The van der Waals surface area contributed by atoms with Crippen LogP contribution in [0.2, 0.25) is 0 Å². The quantitative estimate of drug-likeness (QED) is 0.325. The van der Waals surface area contributed by atoms with Gasteiger partial charge >= 0.3 is 5.97 Å². The van der Waals surface area contributed by atoms with Gasteiger partial charge in [0.2, 0.25) is 0 Å². The zero-order chi connectivity index (χ0) is 16.5. The third-order valence-electron chi connectivity index (χ3n) is 2.85. The molecule has 0 atom stereocenters. The number of thiophene rings is 1. The van der Waals surface area contributed by atoms with E-state index in [0.29, 0.717) is 12.1 Å². The predicted octanol–water partition coefficient (Wildman–Crippen LogP) is 2.99. The van der Waals surface area contributed by atoms with Crippen molar-refractivity contribution in [2.75, 3.05) is 7.05 Å². The minimum atomic E-state index is -1.02. The monoisotopic (exact) mass is 319 g/mol. The van der Waals surface area contributed by atoms with Crippen LogP contribution in [0.5, 0.6) is 0 Å². The van der Waals surface area contributed by atoms with Crippen molar-refractivity contribution in [3.8, 4) is 0 Å². The van der Waals surface area contributed by atoms with E-state index in [4.69, 9.17) is 5.73 Å². The fourth-order valence-corrected chi connectivity index (χ4v) is 2.55. The molecule has 1 aromatic rings. The van der Waals surface area contributed by atoms with Gasteiger partial charge in [0.1, 0.15) is 0 Å². The molecule has 0 spiro atoms. The highest BCUT2D eigenvalue weighted by Crippen LogP contribution is 2.24. The van der Waals surface area contributed by atoms with E-state index in [1.807, 2.05) is 37.4 Å². The number of carboxylic acids is 1. The Kier molecular flexibility index (Phi) is 7.12. The molecular weight excluding hydrogens is 298 g/mol. The summed E-state index contributed by atoms with van der Waals surface area (Å²) in [5.74, 6) is -0.850. The van der Waals surface area contributed by atoms with Crippen LogP contribution in [0.1, 0.15) is 25.1 Å². The molecule has 4 N–H and O–H groups in total. The van der Waals surface area contributed by atoms with Gasteiger partial charge in [0.15, 0.2) is 5.96 Å². The van der Waals surface area contributed by atoms with Crippen LogP contribution in [0.15, 0.2) is 52.0 Å². The topological polar surface area (TPSA) is 87.7 Å². The number of nitrogens with one attached hydrogen (secondary N) is 1. The maximum absolute atomic E-state index is 11.7. The second-order valence-corrected chi connectivity index (χ2v) is 5.29. The highest BCUT2D eigenvalue weighted by molar-refractivity contribution is 7.11. The molecule has 0 amide bonds. The fraction of sp³-hybridized carbons (Fsp3) is 0.250. The minimum Gasteiger partial charge on any atom is -0.478 e. The largest absolute Gasteiger partial charge is 0.478 e. The highest BCUT2D eigenvalue weighted by Gasteiger charge is 2.15. The number of carboxylic acid groups (broad SMARTS) is 1. The van der Waals surface area contributed by atoms with Gasteiger partial charge in [-0.15, -0.1) is 11.3 Å². The first kappa shape index (κ1) is 17.7. The van der Waals surface area contributed by atoms with E-state index >= 15 is 0 Å². The Morgan fingerprint density at radius 2 is 2.27 bits per heavy atom. The molecule has 1 aromatic heterocycles. The summed E-state index contributed by atoms with van der Waals surface area (Å²) in [4.78, 5) is 16.5. The number of nitrogens with two attached hydrogens (primary N) is 1. The first-order chi connectivity index (χ1) is 10.5. The van der Waals surface area contributed by atoms with Gasteiger partial charge in [-0.2, -0.15) is 0 Å². The molecule has 1 heterocycles. The van der Waals surface area contributed by atoms with E-state index < -0.39 is 5.97 Å². The Morgan fingerprint density at radius 3 is 2.73 bits per heavy atom. The van der Waals surface area contributed by atoms with Crippen LogP contribution in [-0.2, 0) is 4.79 Å². The summed E-state index contributed by atoms with van der Waals surface area (Å²) >= 11 is 1.56. The van der Waals surface area contributed by atoms with E-state index in [2.05, 4.69) is 10.3 Å². The van der Waals surface area contributed by atoms with Crippen molar-refractivity contribution in [3.63, 3.8) is 0 Å². The molecule has 22 heavy (non-hydrogen) atoms. The average Bonchev–Trinajstić information content (AvgIpc) is 3.01. The lowest BCUT2D eigenvalue weighted by Crippen LogP contribution is -2.32. The van der Waals surface area contributed by atoms with Crippen LogP contribution in [0.4, 0.5) is 0 Å². The van der Waals surface area contributed by atoms with Crippen LogP contribution < -0.4 is 11.1 Å². The normalized spacial score (nSPS) is 14.1. The number of hydrogen-bond donors (Lipinski definition) is 3. The SMILES string of the molecule is C\C=C(/C=C(C(=O)O)\C(=C\CC)NC(N)=NC)c1cccs1. The van der Waals surface area contributed by atoms with Crippen LogP contribution in [-0.4, -0.2) is 24.1 Å². The number of guanidine groups is 1. The molecule has 0 aliphatic carbocycles. The molecule has 0 bridgehead atoms. The maximum atomic E-state index is 11.7. The van der Waals surface area contributed by atoms with Crippen molar-refractivity contribution in [2.45, 2.75) is 20.3 Å². The zero-order valence-electron chi connectivity index (χ0n) is 13.0. The van der Waals surface area contributed by atoms with Gasteiger partial charge in [-0.05, 0) is 36.4 Å². The van der Waals surface area contributed by atoms with Crippen molar-refractivity contribution < 1.29 is 9.90 Å². The van der Waals surface area contributed by atoms with Crippen LogP contribution in [0.25, 0.3) is 5.57 Å².